The molecule has 0 amide bonds. The molecule has 1 aromatic carbocycles. The van der Waals surface area contributed by atoms with Gasteiger partial charge in [0.25, 0.3) is 0 Å². The van der Waals surface area contributed by atoms with E-state index in [-0.39, 0.29) is 11.0 Å². The topological polar surface area (TPSA) is 50.4 Å². The Balaban J connectivity index is 2.36. The number of hydrogen-bond acceptors (Lipinski definition) is 2. The highest BCUT2D eigenvalue weighted by Crippen LogP contribution is 2.49. The van der Waals surface area contributed by atoms with Gasteiger partial charge >= 0.3 is 0 Å². The highest BCUT2D eigenvalue weighted by atomic mass is 15.3. The van der Waals surface area contributed by atoms with Crippen LogP contribution in [-0.4, -0.2) is 11.4 Å². The van der Waals surface area contributed by atoms with Crippen LogP contribution in [0.15, 0.2) is 35.3 Å². The fourth-order valence-electron chi connectivity index (χ4n) is 2.16. The number of benzene rings is 1. The predicted octanol–water partition coefficient (Wildman–Crippen LogP) is 2.38. The maximum Gasteiger partial charge on any atom is 0.122 e. The number of rotatable bonds is 2. The molecule has 1 fully saturated rings. The van der Waals surface area contributed by atoms with E-state index in [1.807, 2.05) is 6.07 Å². The van der Waals surface area contributed by atoms with Gasteiger partial charge in [0, 0.05) is 0 Å². The molecule has 0 bridgehead atoms. The number of nitrogens with zero attached hydrogens (tertiary/aromatic N) is 1. The van der Waals surface area contributed by atoms with Crippen molar-refractivity contribution in [2.45, 2.75) is 44.6 Å². The van der Waals surface area contributed by atoms with Crippen molar-refractivity contribution in [2.24, 2.45) is 10.8 Å². The maximum absolute atomic E-state index is 5.66. The van der Waals surface area contributed by atoms with Crippen molar-refractivity contribution in [3.05, 3.63) is 35.9 Å². The first kappa shape index (κ1) is 12.1. The van der Waals surface area contributed by atoms with E-state index in [0.717, 1.165) is 18.7 Å². The molecule has 1 aromatic rings. The SMILES string of the molecule is CC(C)(C)N=C(NN)C1(c2ccccc2)CC1. The molecule has 2 rings (SSSR count). The molecule has 0 aromatic heterocycles. The van der Waals surface area contributed by atoms with Gasteiger partial charge < -0.3 is 5.43 Å². The molecule has 0 spiro atoms. The summed E-state index contributed by atoms with van der Waals surface area (Å²) in [6.07, 6.45) is 2.24. The Morgan fingerprint density at radius 2 is 1.82 bits per heavy atom. The summed E-state index contributed by atoms with van der Waals surface area (Å²) in [7, 11) is 0. The summed E-state index contributed by atoms with van der Waals surface area (Å²) in [6.45, 7) is 6.27. The van der Waals surface area contributed by atoms with Crippen LogP contribution >= 0.6 is 0 Å². The van der Waals surface area contributed by atoms with Gasteiger partial charge in [-0.05, 0) is 39.2 Å². The van der Waals surface area contributed by atoms with E-state index in [2.05, 4.69) is 50.5 Å². The van der Waals surface area contributed by atoms with Crippen LogP contribution in [0.5, 0.6) is 0 Å². The second-order valence-corrected chi connectivity index (χ2v) is 5.72. The number of hydrazine groups is 1. The summed E-state index contributed by atoms with van der Waals surface area (Å²) >= 11 is 0. The van der Waals surface area contributed by atoms with E-state index in [4.69, 9.17) is 10.8 Å². The standard InChI is InChI=1S/C14H21N3/c1-13(2,3)16-12(17-15)14(9-10-14)11-7-5-4-6-8-11/h4-8H,9-10,15H2,1-3H3,(H,16,17). The van der Waals surface area contributed by atoms with Crippen molar-refractivity contribution in [3.63, 3.8) is 0 Å². The van der Waals surface area contributed by atoms with Gasteiger partial charge in [0.05, 0.1) is 11.0 Å². The van der Waals surface area contributed by atoms with Crippen LogP contribution in [0.4, 0.5) is 0 Å². The third-order valence-electron chi connectivity index (χ3n) is 3.11. The number of nitrogens with one attached hydrogen (secondary N) is 1. The summed E-state index contributed by atoms with van der Waals surface area (Å²) in [6, 6.07) is 10.5. The van der Waals surface area contributed by atoms with Gasteiger partial charge in [-0.15, -0.1) is 0 Å². The lowest BCUT2D eigenvalue weighted by atomic mass is 9.94. The van der Waals surface area contributed by atoms with Gasteiger partial charge in [-0.25, -0.2) is 5.84 Å². The first-order valence-electron chi connectivity index (χ1n) is 6.10. The zero-order chi connectivity index (χ0) is 12.5. The van der Waals surface area contributed by atoms with E-state index in [1.165, 1.54) is 5.56 Å². The monoisotopic (exact) mass is 231 g/mol. The first-order chi connectivity index (χ1) is 7.98. The minimum atomic E-state index is -0.105. The fraction of sp³-hybridized carbons (Fsp3) is 0.500. The molecule has 17 heavy (non-hydrogen) atoms. The van der Waals surface area contributed by atoms with Gasteiger partial charge in [-0.1, -0.05) is 30.3 Å². The van der Waals surface area contributed by atoms with Crippen LogP contribution in [0.25, 0.3) is 0 Å². The first-order valence-corrected chi connectivity index (χ1v) is 6.10. The zero-order valence-electron chi connectivity index (χ0n) is 10.8. The van der Waals surface area contributed by atoms with Gasteiger partial charge in [0.2, 0.25) is 0 Å². The third-order valence-corrected chi connectivity index (χ3v) is 3.11. The molecule has 1 aliphatic rings. The van der Waals surface area contributed by atoms with Gasteiger partial charge in [0.1, 0.15) is 5.84 Å². The van der Waals surface area contributed by atoms with Crippen LogP contribution < -0.4 is 11.3 Å². The minimum absolute atomic E-state index is 0.0310. The van der Waals surface area contributed by atoms with Gasteiger partial charge in [-0.2, -0.15) is 0 Å². The lowest BCUT2D eigenvalue weighted by Crippen LogP contribution is -2.41. The third kappa shape index (κ3) is 2.50. The summed E-state index contributed by atoms with van der Waals surface area (Å²) < 4.78 is 0. The second-order valence-electron chi connectivity index (χ2n) is 5.72. The largest absolute Gasteiger partial charge is 0.312 e. The van der Waals surface area contributed by atoms with Crippen LogP contribution in [-0.2, 0) is 5.41 Å². The Hall–Kier alpha value is -1.35. The zero-order valence-corrected chi connectivity index (χ0v) is 10.8. The molecule has 0 radical (unpaired) electrons. The molecule has 0 aliphatic heterocycles. The minimum Gasteiger partial charge on any atom is -0.312 e. The quantitative estimate of drug-likeness (QED) is 0.355. The normalized spacial score (nSPS) is 18.9. The number of aliphatic imine (C=N–C) groups is 1. The van der Waals surface area contributed by atoms with E-state index < -0.39 is 0 Å². The van der Waals surface area contributed by atoms with E-state index in [1.54, 1.807) is 0 Å². The van der Waals surface area contributed by atoms with Crippen LogP contribution in [0, 0.1) is 0 Å². The Bertz CT molecular complexity index is 411. The molecule has 3 heteroatoms. The summed E-state index contributed by atoms with van der Waals surface area (Å²) in [5, 5.41) is 0. The molecule has 0 heterocycles. The van der Waals surface area contributed by atoms with Crippen LogP contribution in [0.3, 0.4) is 0 Å². The summed E-state index contributed by atoms with van der Waals surface area (Å²) in [5.41, 5.74) is 4.04. The maximum atomic E-state index is 5.66. The summed E-state index contributed by atoms with van der Waals surface area (Å²) in [4.78, 5) is 4.72. The average Bonchev–Trinajstić information content (AvgIpc) is 3.07. The fourth-order valence-corrected chi connectivity index (χ4v) is 2.16. The van der Waals surface area contributed by atoms with Crippen molar-refractivity contribution in [1.29, 1.82) is 0 Å². The predicted molar refractivity (Wildman–Crippen MR) is 71.9 cm³/mol. The Morgan fingerprint density at radius 1 is 1.24 bits per heavy atom. The second kappa shape index (κ2) is 4.15. The molecule has 3 nitrogen and oxygen atoms in total. The smallest absolute Gasteiger partial charge is 0.122 e. The van der Waals surface area contributed by atoms with Crippen LogP contribution in [0.2, 0.25) is 0 Å². The van der Waals surface area contributed by atoms with E-state index >= 15 is 0 Å². The van der Waals surface area contributed by atoms with Crippen molar-refractivity contribution in [3.8, 4) is 0 Å². The highest BCUT2D eigenvalue weighted by molar-refractivity contribution is 5.95. The average molecular weight is 231 g/mol. The molecule has 92 valence electrons. The summed E-state index contributed by atoms with van der Waals surface area (Å²) in [5.74, 6) is 6.58. The van der Waals surface area contributed by atoms with Gasteiger partial charge in [0.15, 0.2) is 0 Å². The Labute approximate surface area is 103 Å². The lowest BCUT2D eigenvalue weighted by Gasteiger charge is -2.22. The van der Waals surface area contributed by atoms with Crippen molar-refractivity contribution in [2.75, 3.05) is 0 Å². The van der Waals surface area contributed by atoms with E-state index in [9.17, 15) is 0 Å². The van der Waals surface area contributed by atoms with Crippen LogP contribution in [0.1, 0.15) is 39.2 Å². The number of nitrogens with two attached hydrogens (primary N) is 1. The number of hydrogen-bond donors (Lipinski definition) is 2. The van der Waals surface area contributed by atoms with Crippen molar-refractivity contribution in [1.82, 2.24) is 5.43 Å². The molecular formula is C14H21N3. The number of amidine groups is 1. The molecule has 0 saturated heterocycles. The molecule has 1 aliphatic carbocycles. The molecule has 1 saturated carbocycles. The molecular weight excluding hydrogens is 210 g/mol. The Kier molecular flexibility index (Phi) is 2.96. The van der Waals surface area contributed by atoms with Gasteiger partial charge in [-0.3, -0.25) is 4.99 Å². The lowest BCUT2D eigenvalue weighted by molar-refractivity contribution is 0.572. The highest BCUT2D eigenvalue weighted by Gasteiger charge is 2.49. The van der Waals surface area contributed by atoms with Crippen molar-refractivity contribution < 1.29 is 0 Å². The van der Waals surface area contributed by atoms with Crippen molar-refractivity contribution >= 4 is 5.84 Å². The molecule has 0 atom stereocenters. The molecule has 3 N–H and O–H groups in total. The Morgan fingerprint density at radius 3 is 2.24 bits per heavy atom. The van der Waals surface area contributed by atoms with E-state index in [0.29, 0.717) is 0 Å². The molecule has 0 unspecified atom stereocenters.